The summed E-state index contributed by atoms with van der Waals surface area (Å²) in [6.07, 6.45) is 1.97. The molecule has 132 valence electrons. The second-order valence-corrected chi connectivity index (χ2v) is 8.46. The summed E-state index contributed by atoms with van der Waals surface area (Å²) in [5.74, 6) is 0.147. The summed E-state index contributed by atoms with van der Waals surface area (Å²) in [5, 5.41) is 3.07. The Labute approximate surface area is 147 Å². The maximum atomic E-state index is 12.6. The molecule has 1 atom stereocenters. The predicted molar refractivity (Wildman–Crippen MR) is 95.6 cm³/mol. The summed E-state index contributed by atoms with van der Waals surface area (Å²) in [4.78, 5) is 22.5. The van der Waals surface area contributed by atoms with Crippen LogP contribution in [0.15, 0.2) is 36.5 Å². The molecule has 0 radical (unpaired) electrons. The highest BCUT2D eigenvalue weighted by molar-refractivity contribution is 7.91. The molecule has 1 N–H and O–H groups in total. The number of amides is 1. The van der Waals surface area contributed by atoms with Gasteiger partial charge in [0.05, 0.1) is 11.5 Å². The van der Waals surface area contributed by atoms with Gasteiger partial charge in [0.25, 0.3) is 5.91 Å². The van der Waals surface area contributed by atoms with Gasteiger partial charge in [-0.3, -0.25) is 4.79 Å². The standard InChI is InChI=1S/C17H20N4O3S/c1-12-4-3-5-13(10-12)19-17-18-8-6-15(20-17)16(22)21(2)14-7-9-25(23,24)11-14/h3-6,8,10,14H,7,9,11H2,1-2H3,(H,18,19,20). The minimum Gasteiger partial charge on any atom is -0.336 e. The van der Waals surface area contributed by atoms with E-state index >= 15 is 0 Å². The van der Waals surface area contributed by atoms with Crippen LogP contribution < -0.4 is 5.32 Å². The van der Waals surface area contributed by atoms with Crippen LogP contribution in [0.5, 0.6) is 0 Å². The summed E-state index contributed by atoms with van der Waals surface area (Å²) < 4.78 is 23.2. The number of hydrogen-bond donors (Lipinski definition) is 1. The number of rotatable bonds is 4. The minimum atomic E-state index is -3.05. The van der Waals surface area contributed by atoms with Gasteiger partial charge in [-0.25, -0.2) is 18.4 Å². The van der Waals surface area contributed by atoms with Crippen molar-refractivity contribution in [3.63, 3.8) is 0 Å². The number of nitrogens with zero attached hydrogens (tertiary/aromatic N) is 3. The highest BCUT2D eigenvalue weighted by Gasteiger charge is 2.33. The molecule has 0 aliphatic carbocycles. The summed E-state index contributed by atoms with van der Waals surface area (Å²) in [5.41, 5.74) is 2.16. The zero-order valence-electron chi connectivity index (χ0n) is 14.1. The first-order valence-corrected chi connectivity index (χ1v) is 9.80. The second kappa shape index (κ2) is 6.79. The van der Waals surface area contributed by atoms with E-state index in [0.29, 0.717) is 12.4 Å². The van der Waals surface area contributed by atoms with Crippen LogP contribution in [-0.2, 0) is 9.84 Å². The van der Waals surface area contributed by atoms with Crippen molar-refractivity contribution in [2.45, 2.75) is 19.4 Å². The number of aryl methyl sites for hydroxylation is 1. The lowest BCUT2D eigenvalue weighted by molar-refractivity contribution is 0.0741. The van der Waals surface area contributed by atoms with Gasteiger partial charge in [-0.15, -0.1) is 0 Å². The Kier molecular flexibility index (Phi) is 4.71. The molecule has 2 heterocycles. The molecule has 1 amide bonds. The van der Waals surface area contributed by atoms with Crippen LogP contribution in [0.25, 0.3) is 0 Å². The van der Waals surface area contributed by atoms with Crippen LogP contribution in [-0.4, -0.2) is 53.8 Å². The molecule has 1 aromatic heterocycles. The van der Waals surface area contributed by atoms with Crippen LogP contribution >= 0.6 is 0 Å². The Morgan fingerprint density at radius 1 is 1.32 bits per heavy atom. The van der Waals surface area contributed by atoms with Gasteiger partial charge in [-0.05, 0) is 37.1 Å². The molecular formula is C17H20N4O3S. The van der Waals surface area contributed by atoms with E-state index < -0.39 is 9.84 Å². The van der Waals surface area contributed by atoms with Crippen molar-refractivity contribution in [3.8, 4) is 0 Å². The van der Waals surface area contributed by atoms with E-state index in [2.05, 4.69) is 15.3 Å². The van der Waals surface area contributed by atoms with E-state index in [-0.39, 0.29) is 29.1 Å². The molecule has 0 bridgehead atoms. The Morgan fingerprint density at radius 3 is 2.80 bits per heavy atom. The molecule has 1 aliphatic heterocycles. The molecule has 2 aromatic rings. The maximum absolute atomic E-state index is 12.6. The van der Waals surface area contributed by atoms with Gasteiger partial charge in [0.15, 0.2) is 9.84 Å². The van der Waals surface area contributed by atoms with Crippen LogP contribution in [0.4, 0.5) is 11.6 Å². The summed E-state index contributed by atoms with van der Waals surface area (Å²) >= 11 is 0. The van der Waals surface area contributed by atoms with Crippen LogP contribution in [0.3, 0.4) is 0 Å². The smallest absolute Gasteiger partial charge is 0.272 e. The highest BCUT2D eigenvalue weighted by Crippen LogP contribution is 2.19. The summed E-state index contributed by atoms with van der Waals surface area (Å²) in [7, 11) is -1.43. The van der Waals surface area contributed by atoms with Crippen molar-refractivity contribution < 1.29 is 13.2 Å². The largest absolute Gasteiger partial charge is 0.336 e. The van der Waals surface area contributed by atoms with E-state index in [1.807, 2.05) is 31.2 Å². The average molecular weight is 360 g/mol. The third-order valence-corrected chi connectivity index (χ3v) is 5.98. The molecule has 0 spiro atoms. The SMILES string of the molecule is Cc1cccc(Nc2nccc(C(=O)N(C)C3CCS(=O)(=O)C3)n2)c1. The minimum absolute atomic E-state index is 0.00865. The molecule has 0 saturated carbocycles. The van der Waals surface area contributed by atoms with E-state index in [9.17, 15) is 13.2 Å². The molecular weight excluding hydrogens is 340 g/mol. The van der Waals surface area contributed by atoms with Crippen molar-refractivity contribution in [1.82, 2.24) is 14.9 Å². The number of aromatic nitrogens is 2. The number of carbonyl (C=O) groups is 1. The van der Waals surface area contributed by atoms with Gasteiger partial charge in [0.1, 0.15) is 5.69 Å². The van der Waals surface area contributed by atoms with E-state index in [4.69, 9.17) is 0 Å². The fourth-order valence-corrected chi connectivity index (χ4v) is 4.59. The number of nitrogens with one attached hydrogen (secondary N) is 1. The van der Waals surface area contributed by atoms with Crippen LogP contribution in [0.1, 0.15) is 22.5 Å². The first-order valence-electron chi connectivity index (χ1n) is 7.98. The van der Waals surface area contributed by atoms with Gasteiger partial charge in [0.2, 0.25) is 5.95 Å². The molecule has 3 rings (SSSR count). The fourth-order valence-electron chi connectivity index (χ4n) is 2.82. The first-order chi connectivity index (χ1) is 11.8. The fraction of sp³-hybridized carbons (Fsp3) is 0.353. The lowest BCUT2D eigenvalue weighted by Crippen LogP contribution is -2.38. The molecule has 1 aromatic carbocycles. The van der Waals surface area contributed by atoms with Crippen LogP contribution in [0, 0.1) is 6.92 Å². The lowest BCUT2D eigenvalue weighted by Gasteiger charge is -2.23. The Hall–Kier alpha value is -2.48. The number of hydrogen-bond acceptors (Lipinski definition) is 6. The molecule has 8 heteroatoms. The average Bonchev–Trinajstić information content (AvgIpc) is 2.94. The second-order valence-electron chi connectivity index (χ2n) is 6.23. The molecule has 1 unspecified atom stereocenters. The third kappa shape index (κ3) is 4.14. The molecule has 1 saturated heterocycles. The van der Waals surface area contributed by atoms with Crippen molar-refractivity contribution in [1.29, 1.82) is 0 Å². The summed E-state index contributed by atoms with van der Waals surface area (Å²) in [6, 6.07) is 8.97. The van der Waals surface area contributed by atoms with Crippen molar-refractivity contribution in [2.75, 3.05) is 23.9 Å². The van der Waals surface area contributed by atoms with E-state index in [1.54, 1.807) is 7.05 Å². The lowest BCUT2D eigenvalue weighted by atomic mass is 10.2. The molecule has 1 fully saturated rings. The Balaban J connectivity index is 1.75. The van der Waals surface area contributed by atoms with Crippen LogP contribution in [0.2, 0.25) is 0 Å². The normalized spacial score (nSPS) is 18.7. The Bertz CT molecular complexity index is 898. The van der Waals surface area contributed by atoms with Crippen molar-refractivity contribution >= 4 is 27.4 Å². The first kappa shape index (κ1) is 17.3. The summed E-state index contributed by atoms with van der Waals surface area (Å²) in [6.45, 7) is 1.98. The molecule has 1 aliphatic rings. The monoisotopic (exact) mass is 360 g/mol. The predicted octanol–water partition coefficient (Wildman–Crippen LogP) is 1.79. The van der Waals surface area contributed by atoms with Crippen molar-refractivity contribution in [3.05, 3.63) is 47.8 Å². The van der Waals surface area contributed by atoms with Gasteiger partial charge < -0.3 is 10.2 Å². The van der Waals surface area contributed by atoms with Gasteiger partial charge >= 0.3 is 0 Å². The van der Waals surface area contributed by atoms with Gasteiger partial charge in [-0.1, -0.05) is 12.1 Å². The van der Waals surface area contributed by atoms with Crippen molar-refractivity contribution in [2.24, 2.45) is 0 Å². The number of anilines is 2. The van der Waals surface area contributed by atoms with Gasteiger partial charge in [-0.2, -0.15) is 0 Å². The number of benzene rings is 1. The molecule has 7 nitrogen and oxygen atoms in total. The topological polar surface area (TPSA) is 92.3 Å². The number of sulfone groups is 1. The quantitative estimate of drug-likeness (QED) is 0.894. The van der Waals surface area contributed by atoms with Gasteiger partial charge in [0, 0.05) is 25.0 Å². The third-order valence-electron chi connectivity index (χ3n) is 4.23. The zero-order valence-corrected chi connectivity index (χ0v) is 15.0. The Morgan fingerprint density at radius 2 is 2.12 bits per heavy atom. The van der Waals surface area contributed by atoms with E-state index in [1.165, 1.54) is 17.2 Å². The molecule has 25 heavy (non-hydrogen) atoms. The zero-order chi connectivity index (χ0) is 18.0. The maximum Gasteiger partial charge on any atom is 0.272 e. The van der Waals surface area contributed by atoms with E-state index in [0.717, 1.165) is 11.3 Å². The number of carbonyl (C=O) groups excluding carboxylic acids is 1. The highest BCUT2D eigenvalue weighted by atomic mass is 32.2.